The number of carboxylic acid groups (broad SMARTS) is 1. The second-order valence-electron chi connectivity index (χ2n) is 5.18. The number of carbonyl (C=O) groups excluding carboxylic acids is 2. The van der Waals surface area contributed by atoms with Crippen molar-refractivity contribution in [2.45, 2.75) is 31.3 Å². The Labute approximate surface area is 116 Å². The first-order valence-corrected chi connectivity index (χ1v) is 6.65. The summed E-state index contributed by atoms with van der Waals surface area (Å²) in [6, 6.07) is -1.64. The van der Waals surface area contributed by atoms with E-state index in [1.807, 2.05) is 0 Å². The molecule has 0 bridgehead atoms. The third kappa shape index (κ3) is 3.60. The number of nitrogens with one attached hydrogen (secondary N) is 1. The van der Waals surface area contributed by atoms with Crippen LogP contribution in [0.15, 0.2) is 0 Å². The fourth-order valence-corrected chi connectivity index (χ4v) is 2.35. The van der Waals surface area contributed by atoms with E-state index in [0.29, 0.717) is 6.61 Å². The Morgan fingerprint density at radius 3 is 2.65 bits per heavy atom. The number of nitrogens with two attached hydrogens (primary N) is 1. The van der Waals surface area contributed by atoms with Crippen LogP contribution in [0, 0.1) is 5.92 Å². The van der Waals surface area contributed by atoms with Gasteiger partial charge in [0, 0.05) is 12.6 Å². The molecule has 8 nitrogen and oxygen atoms in total. The van der Waals surface area contributed by atoms with Gasteiger partial charge in [-0.3, -0.25) is 9.59 Å². The smallest absolute Gasteiger partial charge is 0.318 e. The molecule has 20 heavy (non-hydrogen) atoms. The number of ether oxygens (including phenoxy) is 1. The van der Waals surface area contributed by atoms with E-state index in [2.05, 4.69) is 5.32 Å². The van der Waals surface area contributed by atoms with Crippen molar-refractivity contribution in [2.75, 3.05) is 19.8 Å². The van der Waals surface area contributed by atoms with Gasteiger partial charge < -0.3 is 25.8 Å². The maximum Gasteiger partial charge on any atom is 0.318 e. The van der Waals surface area contributed by atoms with Gasteiger partial charge in [-0.15, -0.1) is 0 Å². The number of carboxylic acids is 1. The lowest BCUT2D eigenvalue weighted by Gasteiger charge is -2.34. The largest absolute Gasteiger partial charge is 0.481 e. The van der Waals surface area contributed by atoms with Crippen LogP contribution in [0.25, 0.3) is 0 Å². The fourth-order valence-electron chi connectivity index (χ4n) is 2.35. The number of carbonyl (C=O) groups is 3. The zero-order valence-electron chi connectivity index (χ0n) is 11.1. The molecule has 1 aliphatic carbocycles. The summed E-state index contributed by atoms with van der Waals surface area (Å²) in [4.78, 5) is 35.6. The molecule has 0 aromatic heterocycles. The van der Waals surface area contributed by atoms with E-state index in [1.54, 1.807) is 0 Å². The Morgan fingerprint density at radius 1 is 1.40 bits per heavy atom. The topological polar surface area (TPSA) is 122 Å². The van der Waals surface area contributed by atoms with Gasteiger partial charge in [0.15, 0.2) is 0 Å². The van der Waals surface area contributed by atoms with Crippen LogP contribution in [0.3, 0.4) is 0 Å². The Kier molecular flexibility index (Phi) is 4.43. The normalized spacial score (nSPS) is 24.0. The summed E-state index contributed by atoms with van der Waals surface area (Å²) in [6.45, 7) is 0.684. The third-order valence-electron chi connectivity index (χ3n) is 3.61. The Hall–Kier alpha value is -1.83. The third-order valence-corrected chi connectivity index (χ3v) is 3.61. The van der Waals surface area contributed by atoms with Crippen LogP contribution >= 0.6 is 0 Å². The Balaban J connectivity index is 1.97. The number of primary amides is 1. The van der Waals surface area contributed by atoms with E-state index in [4.69, 9.17) is 15.6 Å². The summed E-state index contributed by atoms with van der Waals surface area (Å²) in [5, 5.41) is 11.6. The highest BCUT2D eigenvalue weighted by atomic mass is 16.5. The number of hydrogen-bond donors (Lipinski definition) is 3. The number of rotatable bonds is 5. The second-order valence-corrected chi connectivity index (χ2v) is 5.18. The Morgan fingerprint density at radius 2 is 2.10 bits per heavy atom. The van der Waals surface area contributed by atoms with Crippen molar-refractivity contribution < 1.29 is 24.2 Å². The van der Waals surface area contributed by atoms with Gasteiger partial charge in [0.25, 0.3) is 0 Å². The first kappa shape index (κ1) is 14.6. The first-order chi connectivity index (χ1) is 9.49. The molecule has 8 heteroatoms. The van der Waals surface area contributed by atoms with Crippen LogP contribution in [0.5, 0.6) is 0 Å². The molecule has 2 atom stereocenters. The molecular weight excluding hydrogens is 266 g/mol. The van der Waals surface area contributed by atoms with E-state index in [-0.39, 0.29) is 25.5 Å². The van der Waals surface area contributed by atoms with Gasteiger partial charge >= 0.3 is 12.0 Å². The standard InChI is InChI=1S/C12H19N3O5/c13-11(18)9-6-20-4-3-15(9)12(19)14-8(5-10(16)17)7-1-2-7/h7-9H,1-6H2,(H2,13,18)(H,14,19)(H,16,17). The minimum atomic E-state index is -0.948. The van der Waals surface area contributed by atoms with Crippen molar-refractivity contribution >= 4 is 17.9 Å². The van der Waals surface area contributed by atoms with E-state index in [0.717, 1.165) is 12.8 Å². The molecule has 0 spiro atoms. The number of aliphatic carboxylic acids is 1. The highest BCUT2D eigenvalue weighted by molar-refractivity contribution is 5.86. The monoisotopic (exact) mass is 285 g/mol. The van der Waals surface area contributed by atoms with Crippen molar-refractivity contribution in [3.8, 4) is 0 Å². The summed E-state index contributed by atoms with van der Waals surface area (Å²) >= 11 is 0. The molecule has 0 radical (unpaired) electrons. The first-order valence-electron chi connectivity index (χ1n) is 6.65. The zero-order valence-corrected chi connectivity index (χ0v) is 11.1. The molecule has 3 amide bonds. The molecular formula is C12H19N3O5. The van der Waals surface area contributed by atoms with E-state index >= 15 is 0 Å². The second kappa shape index (κ2) is 6.08. The highest BCUT2D eigenvalue weighted by Gasteiger charge is 2.37. The number of nitrogens with zero attached hydrogens (tertiary/aromatic N) is 1. The molecule has 1 saturated heterocycles. The van der Waals surface area contributed by atoms with Crippen LogP contribution in [0.4, 0.5) is 4.79 Å². The number of morpholine rings is 1. The van der Waals surface area contributed by atoms with E-state index in [1.165, 1.54) is 4.90 Å². The number of urea groups is 1. The summed E-state index contributed by atoms with van der Waals surface area (Å²) in [6.07, 6.45) is 1.73. The maximum absolute atomic E-state index is 12.2. The van der Waals surface area contributed by atoms with Gasteiger partial charge in [-0.05, 0) is 18.8 Å². The molecule has 112 valence electrons. The summed E-state index contributed by atoms with van der Waals surface area (Å²) < 4.78 is 5.14. The van der Waals surface area contributed by atoms with Gasteiger partial charge in [-0.2, -0.15) is 0 Å². The molecule has 1 heterocycles. The minimum Gasteiger partial charge on any atom is -0.481 e. The SMILES string of the molecule is NC(=O)C1COCCN1C(=O)NC(CC(=O)O)C1CC1. The van der Waals surface area contributed by atoms with Crippen LogP contribution in [0.2, 0.25) is 0 Å². The molecule has 4 N–H and O–H groups in total. The lowest BCUT2D eigenvalue weighted by Crippen LogP contribution is -2.58. The van der Waals surface area contributed by atoms with Crippen LogP contribution in [-0.2, 0) is 14.3 Å². The van der Waals surface area contributed by atoms with Gasteiger partial charge in [-0.25, -0.2) is 4.79 Å². The van der Waals surface area contributed by atoms with Crippen molar-refractivity contribution in [3.05, 3.63) is 0 Å². The fraction of sp³-hybridized carbons (Fsp3) is 0.750. The van der Waals surface area contributed by atoms with Crippen LogP contribution < -0.4 is 11.1 Å². The van der Waals surface area contributed by atoms with Crippen molar-refractivity contribution in [3.63, 3.8) is 0 Å². The zero-order chi connectivity index (χ0) is 14.7. The average molecular weight is 285 g/mol. The van der Waals surface area contributed by atoms with Crippen LogP contribution in [0.1, 0.15) is 19.3 Å². The summed E-state index contributed by atoms with van der Waals surface area (Å²) in [7, 11) is 0. The van der Waals surface area contributed by atoms with E-state index < -0.39 is 30.0 Å². The Bertz CT molecular complexity index is 410. The lowest BCUT2D eigenvalue weighted by atomic mass is 10.1. The highest BCUT2D eigenvalue weighted by Crippen LogP contribution is 2.34. The minimum absolute atomic E-state index is 0.0791. The van der Waals surface area contributed by atoms with E-state index in [9.17, 15) is 14.4 Å². The molecule has 2 unspecified atom stereocenters. The molecule has 1 saturated carbocycles. The number of hydrogen-bond acceptors (Lipinski definition) is 4. The number of amides is 3. The molecule has 0 aromatic rings. The molecule has 1 aliphatic heterocycles. The molecule has 2 fully saturated rings. The van der Waals surface area contributed by atoms with Gasteiger partial charge in [0.1, 0.15) is 6.04 Å². The maximum atomic E-state index is 12.2. The molecule has 0 aromatic carbocycles. The summed E-state index contributed by atoms with van der Waals surface area (Å²) in [5.41, 5.74) is 5.24. The average Bonchev–Trinajstić information content (AvgIpc) is 3.21. The van der Waals surface area contributed by atoms with Crippen molar-refractivity contribution in [2.24, 2.45) is 11.7 Å². The predicted octanol–water partition coefficient (Wildman–Crippen LogP) is -0.865. The van der Waals surface area contributed by atoms with Crippen LogP contribution in [-0.4, -0.2) is 59.8 Å². The molecule has 2 aliphatic rings. The van der Waals surface area contributed by atoms with Gasteiger partial charge in [0.2, 0.25) is 5.91 Å². The van der Waals surface area contributed by atoms with Crippen molar-refractivity contribution in [1.82, 2.24) is 10.2 Å². The quantitative estimate of drug-likeness (QED) is 0.606. The van der Waals surface area contributed by atoms with Gasteiger partial charge in [0.05, 0.1) is 19.6 Å². The van der Waals surface area contributed by atoms with Gasteiger partial charge in [-0.1, -0.05) is 0 Å². The van der Waals surface area contributed by atoms with Crippen molar-refractivity contribution in [1.29, 1.82) is 0 Å². The lowest BCUT2D eigenvalue weighted by molar-refractivity contribution is -0.137. The molecule has 2 rings (SSSR count). The predicted molar refractivity (Wildman–Crippen MR) is 67.8 cm³/mol. The summed E-state index contributed by atoms with van der Waals surface area (Å²) in [5.74, 6) is -1.36.